The van der Waals surface area contributed by atoms with E-state index in [1.807, 2.05) is 35.2 Å². The van der Waals surface area contributed by atoms with E-state index in [0.717, 1.165) is 36.8 Å². The highest BCUT2D eigenvalue weighted by atomic mass is 16.5. The van der Waals surface area contributed by atoms with E-state index in [1.54, 1.807) is 45.9 Å². The lowest BCUT2D eigenvalue weighted by Crippen LogP contribution is -2.46. The van der Waals surface area contributed by atoms with Gasteiger partial charge in [0.05, 0.1) is 38.8 Å². The highest BCUT2D eigenvalue weighted by molar-refractivity contribution is 5.78. The molecule has 0 radical (unpaired) electrons. The Balaban J connectivity index is 1.36. The number of carbonyl (C=O) groups is 1. The van der Waals surface area contributed by atoms with Crippen molar-refractivity contribution in [3.8, 4) is 39.8 Å². The van der Waals surface area contributed by atoms with Gasteiger partial charge in [-0.15, -0.1) is 5.10 Å². The van der Waals surface area contributed by atoms with Crippen molar-refractivity contribution in [1.29, 1.82) is 0 Å². The minimum atomic E-state index is -0.151. The molecule has 9 nitrogen and oxygen atoms in total. The van der Waals surface area contributed by atoms with Crippen molar-refractivity contribution < 1.29 is 19.0 Å². The normalized spacial score (nSPS) is 15.2. The first-order chi connectivity index (χ1) is 18.6. The fourth-order valence-electron chi connectivity index (χ4n) is 4.92. The molecular weight excluding hydrogens is 482 g/mol. The molecule has 4 aromatic rings. The number of ether oxygens (including phenoxy) is 3. The molecule has 0 saturated carbocycles. The Morgan fingerprint density at radius 2 is 1.71 bits per heavy atom. The van der Waals surface area contributed by atoms with Crippen molar-refractivity contribution in [2.45, 2.75) is 31.7 Å². The van der Waals surface area contributed by atoms with Crippen LogP contribution in [0.3, 0.4) is 0 Å². The monoisotopic (exact) mass is 513 g/mol. The van der Waals surface area contributed by atoms with Crippen molar-refractivity contribution in [1.82, 2.24) is 24.9 Å². The van der Waals surface area contributed by atoms with Gasteiger partial charge in [0.1, 0.15) is 22.9 Å². The number of hydrogen-bond acceptors (Lipinski definition) is 7. The van der Waals surface area contributed by atoms with Crippen LogP contribution in [0.2, 0.25) is 0 Å². The summed E-state index contributed by atoms with van der Waals surface area (Å²) in [6.45, 7) is 0.716. The maximum absolute atomic E-state index is 13.4. The summed E-state index contributed by atoms with van der Waals surface area (Å²) in [6, 6.07) is 17.6. The fraction of sp³-hybridized carbons (Fsp3) is 0.310. The lowest BCUT2D eigenvalue weighted by Gasteiger charge is -2.35. The molecule has 1 fully saturated rings. The predicted octanol–water partition coefficient (Wildman–Crippen LogP) is 5.10. The number of amides is 1. The molecule has 1 atom stereocenters. The second kappa shape index (κ2) is 11.3. The number of hydrogen-bond donors (Lipinski definition) is 0. The third kappa shape index (κ3) is 5.18. The first-order valence-corrected chi connectivity index (χ1v) is 12.6. The third-order valence-electron chi connectivity index (χ3n) is 6.91. The number of methoxy groups -OCH3 is 3. The largest absolute Gasteiger partial charge is 0.496 e. The van der Waals surface area contributed by atoms with Crippen molar-refractivity contribution in [2.24, 2.45) is 0 Å². The van der Waals surface area contributed by atoms with Gasteiger partial charge in [0.25, 0.3) is 0 Å². The van der Waals surface area contributed by atoms with Gasteiger partial charge < -0.3 is 19.1 Å². The summed E-state index contributed by atoms with van der Waals surface area (Å²) in [5.74, 6) is 1.80. The number of pyridine rings is 1. The van der Waals surface area contributed by atoms with E-state index in [9.17, 15) is 4.79 Å². The molecule has 1 aliphatic heterocycles. The summed E-state index contributed by atoms with van der Waals surface area (Å²) >= 11 is 0. The number of likely N-dealkylation sites (tertiary alicyclic amines) is 1. The quantitative estimate of drug-likeness (QED) is 0.340. The van der Waals surface area contributed by atoms with Crippen LogP contribution in [0, 0.1) is 0 Å². The molecule has 2 aromatic carbocycles. The van der Waals surface area contributed by atoms with E-state index in [0.29, 0.717) is 35.2 Å². The van der Waals surface area contributed by atoms with Crippen molar-refractivity contribution in [3.63, 3.8) is 0 Å². The lowest BCUT2D eigenvalue weighted by molar-refractivity contribution is 0.149. The van der Waals surface area contributed by atoms with Crippen molar-refractivity contribution in [3.05, 3.63) is 72.6 Å². The summed E-state index contributed by atoms with van der Waals surface area (Å²) in [6.07, 6.45) is 7.29. The number of aromatic nitrogens is 4. The van der Waals surface area contributed by atoms with E-state index in [1.165, 1.54) is 10.2 Å². The molecule has 2 aromatic heterocycles. The Kier molecular flexibility index (Phi) is 7.53. The second-order valence-corrected chi connectivity index (χ2v) is 9.20. The minimum absolute atomic E-state index is 0.140. The first kappa shape index (κ1) is 25.3. The van der Waals surface area contributed by atoms with Gasteiger partial charge in [0, 0.05) is 36.5 Å². The maximum Gasteiger partial charge on any atom is 0.346 e. The molecule has 0 bridgehead atoms. The van der Waals surface area contributed by atoms with Crippen LogP contribution in [0.15, 0.2) is 67.0 Å². The molecule has 0 aliphatic carbocycles. The molecule has 0 N–H and O–H groups in total. The molecule has 196 valence electrons. The molecular formula is C29H31N5O4. The van der Waals surface area contributed by atoms with Gasteiger partial charge in [0.2, 0.25) is 0 Å². The molecule has 9 heteroatoms. The maximum atomic E-state index is 13.4. The Hall–Kier alpha value is -4.40. The van der Waals surface area contributed by atoms with Gasteiger partial charge >= 0.3 is 6.03 Å². The highest BCUT2D eigenvalue weighted by Gasteiger charge is 2.29. The molecule has 5 rings (SSSR count). The smallest absolute Gasteiger partial charge is 0.346 e. The Bertz CT molecular complexity index is 1360. The Morgan fingerprint density at radius 1 is 0.947 bits per heavy atom. The fourth-order valence-corrected chi connectivity index (χ4v) is 4.92. The number of nitrogens with zero attached hydrogens (tertiary/aromatic N) is 5. The van der Waals surface area contributed by atoms with Gasteiger partial charge in [-0.25, -0.2) is 4.79 Å². The van der Waals surface area contributed by atoms with Crippen molar-refractivity contribution >= 4 is 6.03 Å². The van der Waals surface area contributed by atoms with E-state index in [-0.39, 0.29) is 12.1 Å². The first-order valence-electron chi connectivity index (χ1n) is 12.6. The van der Waals surface area contributed by atoms with Gasteiger partial charge in [-0.1, -0.05) is 35.5 Å². The van der Waals surface area contributed by atoms with Crippen LogP contribution in [0.1, 0.15) is 24.8 Å². The average Bonchev–Trinajstić information content (AvgIpc) is 3.47. The SMILES string of the molecule is COc1cc(OC)c(-c2ccc(-c3cn(C(=O)N4CCCCC4Cc4ccccc4)nn3)cn2)c(OC)c1. The zero-order chi connectivity index (χ0) is 26.5. The summed E-state index contributed by atoms with van der Waals surface area (Å²) < 4.78 is 17.8. The third-order valence-corrected chi connectivity index (χ3v) is 6.91. The summed E-state index contributed by atoms with van der Waals surface area (Å²) in [5, 5.41) is 8.42. The van der Waals surface area contributed by atoms with Crippen LogP contribution in [-0.4, -0.2) is 64.8 Å². The summed E-state index contributed by atoms with van der Waals surface area (Å²) in [5.41, 5.74) is 3.94. The van der Waals surface area contributed by atoms with Gasteiger partial charge in [-0.3, -0.25) is 4.98 Å². The van der Waals surface area contributed by atoms with Crippen LogP contribution in [0.4, 0.5) is 4.79 Å². The predicted molar refractivity (Wildman–Crippen MR) is 144 cm³/mol. The van der Waals surface area contributed by atoms with Crippen LogP contribution < -0.4 is 14.2 Å². The van der Waals surface area contributed by atoms with Gasteiger partial charge in [-0.05, 0) is 43.4 Å². The zero-order valence-corrected chi connectivity index (χ0v) is 21.8. The molecule has 0 spiro atoms. The average molecular weight is 514 g/mol. The standard InChI is InChI=1S/C29H31N5O4/c1-36-23-16-26(37-2)28(27(17-23)38-3)24-13-12-21(18-30-24)25-19-34(32-31-25)29(35)33-14-8-7-11-22(33)15-20-9-5-4-6-10-20/h4-6,9-10,12-13,16-19,22H,7-8,11,14-15H2,1-3H3. The van der Waals surface area contributed by atoms with E-state index < -0.39 is 0 Å². The van der Waals surface area contributed by atoms with Crippen molar-refractivity contribution in [2.75, 3.05) is 27.9 Å². The zero-order valence-electron chi connectivity index (χ0n) is 21.8. The molecule has 1 unspecified atom stereocenters. The van der Waals surface area contributed by atoms with E-state index >= 15 is 0 Å². The molecule has 38 heavy (non-hydrogen) atoms. The Labute approximate surface area is 222 Å². The van der Waals surface area contributed by atoms with Crippen LogP contribution >= 0.6 is 0 Å². The molecule has 1 amide bonds. The van der Waals surface area contributed by atoms with Gasteiger partial charge in [-0.2, -0.15) is 4.68 Å². The Morgan fingerprint density at radius 3 is 2.37 bits per heavy atom. The summed E-state index contributed by atoms with van der Waals surface area (Å²) in [7, 11) is 4.77. The van der Waals surface area contributed by atoms with E-state index in [2.05, 4.69) is 27.4 Å². The number of carbonyl (C=O) groups excluding carboxylic acids is 1. The van der Waals surface area contributed by atoms with Crippen LogP contribution in [-0.2, 0) is 6.42 Å². The molecule has 3 heterocycles. The minimum Gasteiger partial charge on any atom is -0.496 e. The van der Waals surface area contributed by atoms with Crippen LogP contribution in [0.25, 0.3) is 22.5 Å². The lowest BCUT2D eigenvalue weighted by atomic mass is 9.96. The van der Waals surface area contributed by atoms with E-state index in [4.69, 9.17) is 14.2 Å². The summed E-state index contributed by atoms with van der Waals surface area (Å²) in [4.78, 5) is 20.0. The number of piperidine rings is 1. The number of rotatable bonds is 7. The van der Waals surface area contributed by atoms with Gasteiger partial charge in [0.15, 0.2) is 0 Å². The highest BCUT2D eigenvalue weighted by Crippen LogP contribution is 2.41. The molecule has 1 aliphatic rings. The number of benzene rings is 2. The van der Waals surface area contributed by atoms with Crippen LogP contribution in [0.5, 0.6) is 17.2 Å². The second-order valence-electron chi connectivity index (χ2n) is 9.20. The topological polar surface area (TPSA) is 91.6 Å². The molecule has 1 saturated heterocycles.